The van der Waals surface area contributed by atoms with Gasteiger partial charge in [0.05, 0.1) is 12.1 Å². The highest BCUT2D eigenvalue weighted by molar-refractivity contribution is 7.09. The number of hydrogen-bond donors (Lipinski definition) is 1. The molecule has 0 aliphatic carbocycles. The first-order chi connectivity index (χ1) is 7.24. The molecule has 0 radical (unpaired) electrons. The van der Waals surface area contributed by atoms with E-state index in [4.69, 9.17) is 0 Å². The van der Waals surface area contributed by atoms with E-state index in [1.54, 1.807) is 11.7 Å². The number of anilines is 1. The molecule has 2 aromatic rings. The highest BCUT2D eigenvalue weighted by Gasteiger charge is 2.03. The average molecular weight is 228 g/mol. The van der Waals surface area contributed by atoms with Gasteiger partial charge >= 0.3 is 6.08 Å². The molecule has 7 heteroatoms. The van der Waals surface area contributed by atoms with E-state index in [-0.39, 0.29) is 5.82 Å². The molecule has 4 nitrogen and oxygen atoms in total. The van der Waals surface area contributed by atoms with E-state index >= 15 is 0 Å². The van der Waals surface area contributed by atoms with Gasteiger partial charge in [0.1, 0.15) is 5.82 Å². The van der Waals surface area contributed by atoms with Crippen LogP contribution in [-0.2, 0) is 6.54 Å². The van der Waals surface area contributed by atoms with E-state index in [0.29, 0.717) is 6.54 Å². The van der Waals surface area contributed by atoms with Gasteiger partial charge in [-0.3, -0.25) is 4.98 Å². The fraction of sp³-hybridized carbons (Fsp3) is 0.125. The number of hydrogen-bond acceptors (Lipinski definition) is 5. The molecule has 2 aromatic heterocycles. The van der Waals surface area contributed by atoms with Crippen LogP contribution in [0.3, 0.4) is 0 Å². The Balaban J connectivity index is 2.05. The molecule has 0 aliphatic heterocycles. The molecule has 0 saturated heterocycles. The van der Waals surface area contributed by atoms with Gasteiger partial charge in [-0.05, 0) is 0 Å². The second-order valence-corrected chi connectivity index (χ2v) is 3.64. The average Bonchev–Trinajstić information content (AvgIpc) is 2.65. The van der Waals surface area contributed by atoms with Crippen LogP contribution in [0.25, 0.3) is 0 Å². The highest BCUT2D eigenvalue weighted by Crippen LogP contribution is 2.10. The van der Waals surface area contributed by atoms with Crippen LogP contribution < -0.4 is 5.32 Å². The van der Waals surface area contributed by atoms with E-state index in [1.807, 2.05) is 0 Å². The number of rotatable bonds is 3. The van der Waals surface area contributed by atoms with Gasteiger partial charge in [0, 0.05) is 17.1 Å². The van der Waals surface area contributed by atoms with Crippen LogP contribution in [0, 0.1) is 12.0 Å². The summed E-state index contributed by atoms with van der Waals surface area (Å²) in [6.07, 6.45) is 0.591. The standard InChI is InChI=1S/C8H6F2N4S/c9-6-1-7(14-8(10)13-6)12-3-5-2-11-4-15-5/h1-2,4H,3H2,(H,12,13,14). The Morgan fingerprint density at radius 3 is 2.87 bits per heavy atom. The molecule has 0 bridgehead atoms. The summed E-state index contributed by atoms with van der Waals surface area (Å²) < 4.78 is 25.2. The van der Waals surface area contributed by atoms with Crippen molar-refractivity contribution in [3.05, 3.63) is 34.7 Å². The zero-order chi connectivity index (χ0) is 10.7. The molecule has 2 heterocycles. The molecule has 0 aromatic carbocycles. The van der Waals surface area contributed by atoms with Crippen molar-refractivity contribution in [1.29, 1.82) is 0 Å². The lowest BCUT2D eigenvalue weighted by Crippen LogP contribution is -2.03. The normalized spacial score (nSPS) is 10.3. The summed E-state index contributed by atoms with van der Waals surface area (Å²) in [7, 11) is 0. The fourth-order valence-corrected chi connectivity index (χ4v) is 1.52. The SMILES string of the molecule is Fc1cc(NCc2cncs2)nc(F)n1. The largest absolute Gasteiger partial charge is 0.365 e. The summed E-state index contributed by atoms with van der Waals surface area (Å²) in [5.74, 6) is -0.775. The monoisotopic (exact) mass is 228 g/mol. The predicted molar refractivity (Wildman–Crippen MR) is 51.4 cm³/mol. The minimum atomic E-state index is -1.08. The second kappa shape index (κ2) is 4.26. The summed E-state index contributed by atoms with van der Waals surface area (Å²) in [5, 5.41) is 2.77. The predicted octanol–water partition coefficient (Wildman–Crippen LogP) is 1.82. The maximum Gasteiger partial charge on any atom is 0.313 e. The van der Waals surface area contributed by atoms with Crippen molar-refractivity contribution >= 4 is 17.2 Å². The van der Waals surface area contributed by atoms with Crippen LogP contribution in [0.4, 0.5) is 14.6 Å². The van der Waals surface area contributed by atoms with Crippen molar-refractivity contribution in [1.82, 2.24) is 15.0 Å². The topological polar surface area (TPSA) is 50.7 Å². The Morgan fingerprint density at radius 2 is 2.20 bits per heavy atom. The lowest BCUT2D eigenvalue weighted by Gasteiger charge is -2.02. The number of aromatic nitrogens is 3. The third-order valence-corrected chi connectivity index (χ3v) is 2.37. The lowest BCUT2D eigenvalue weighted by molar-refractivity contribution is 0.484. The van der Waals surface area contributed by atoms with Gasteiger partial charge in [-0.25, -0.2) is 0 Å². The van der Waals surface area contributed by atoms with E-state index in [0.717, 1.165) is 10.9 Å². The Morgan fingerprint density at radius 1 is 1.33 bits per heavy atom. The summed E-state index contributed by atoms with van der Waals surface area (Å²) >= 11 is 1.45. The second-order valence-electron chi connectivity index (χ2n) is 2.67. The first kappa shape index (κ1) is 9.91. The molecule has 0 atom stereocenters. The molecule has 1 N–H and O–H groups in total. The Labute approximate surface area is 88.0 Å². The van der Waals surface area contributed by atoms with Gasteiger partial charge in [0.25, 0.3) is 0 Å². The summed E-state index contributed by atoms with van der Waals surface area (Å²) in [6.45, 7) is 0.431. The highest BCUT2D eigenvalue weighted by atomic mass is 32.1. The molecule has 0 saturated carbocycles. The number of nitrogens with one attached hydrogen (secondary N) is 1. The molecule has 0 amide bonds. The summed E-state index contributed by atoms with van der Waals surface area (Å²) in [5.41, 5.74) is 1.68. The molecular formula is C8H6F2N4S. The quantitative estimate of drug-likeness (QED) is 0.643. The van der Waals surface area contributed by atoms with Crippen LogP contribution in [0.5, 0.6) is 0 Å². The number of nitrogens with zero attached hydrogens (tertiary/aromatic N) is 3. The van der Waals surface area contributed by atoms with Crippen molar-refractivity contribution < 1.29 is 8.78 Å². The van der Waals surface area contributed by atoms with E-state index in [1.165, 1.54) is 11.3 Å². The molecule has 0 fully saturated rings. The molecule has 0 unspecified atom stereocenters. The van der Waals surface area contributed by atoms with Crippen molar-refractivity contribution in [2.24, 2.45) is 0 Å². The zero-order valence-electron chi connectivity index (χ0n) is 7.44. The third-order valence-electron chi connectivity index (χ3n) is 1.59. The van der Waals surface area contributed by atoms with Gasteiger partial charge in [0.15, 0.2) is 0 Å². The van der Waals surface area contributed by atoms with Gasteiger partial charge in [-0.1, -0.05) is 0 Å². The third kappa shape index (κ3) is 2.66. The minimum Gasteiger partial charge on any atom is -0.365 e. The Hall–Kier alpha value is -1.63. The van der Waals surface area contributed by atoms with Gasteiger partial charge in [0.2, 0.25) is 5.95 Å². The van der Waals surface area contributed by atoms with Crippen molar-refractivity contribution in [3.8, 4) is 0 Å². The van der Waals surface area contributed by atoms with Crippen molar-refractivity contribution in [2.45, 2.75) is 6.54 Å². The van der Waals surface area contributed by atoms with Crippen LogP contribution >= 0.6 is 11.3 Å². The molecule has 15 heavy (non-hydrogen) atoms. The van der Waals surface area contributed by atoms with Crippen molar-refractivity contribution in [2.75, 3.05) is 5.32 Å². The lowest BCUT2D eigenvalue weighted by atomic mass is 10.5. The van der Waals surface area contributed by atoms with E-state index in [9.17, 15) is 8.78 Å². The smallest absolute Gasteiger partial charge is 0.313 e. The van der Waals surface area contributed by atoms with Gasteiger partial charge < -0.3 is 5.32 Å². The van der Waals surface area contributed by atoms with E-state index < -0.39 is 12.0 Å². The number of thiazole rings is 1. The maximum atomic E-state index is 12.7. The van der Waals surface area contributed by atoms with E-state index in [2.05, 4.69) is 20.3 Å². The van der Waals surface area contributed by atoms with Gasteiger partial charge in [-0.15, -0.1) is 11.3 Å². The van der Waals surface area contributed by atoms with Crippen LogP contribution in [0.2, 0.25) is 0 Å². The molecule has 78 valence electrons. The summed E-state index contributed by atoms with van der Waals surface area (Å²) in [4.78, 5) is 11.1. The number of halogens is 2. The Bertz CT molecular complexity index is 426. The molecule has 2 rings (SSSR count). The summed E-state index contributed by atoms with van der Waals surface area (Å²) in [6, 6.07) is 1.03. The zero-order valence-corrected chi connectivity index (χ0v) is 8.26. The molecular weight excluding hydrogens is 222 g/mol. The molecule has 0 aliphatic rings. The van der Waals surface area contributed by atoms with Crippen LogP contribution in [0.1, 0.15) is 4.88 Å². The van der Waals surface area contributed by atoms with Crippen molar-refractivity contribution in [3.63, 3.8) is 0 Å². The first-order valence-corrected chi connectivity index (χ1v) is 4.93. The maximum absolute atomic E-state index is 12.7. The molecule has 0 spiro atoms. The minimum absolute atomic E-state index is 0.119. The van der Waals surface area contributed by atoms with Crippen LogP contribution in [0.15, 0.2) is 17.8 Å². The first-order valence-electron chi connectivity index (χ1n) is 4.05. The Kier molecular flexibility index (Phi) is 2.82. The fourth-order valence-electron chi connectivity index (χ4n) is 0.988. The van der Waals surface area contributed by atoms with Gasteiger partial charge in [-0.2, -0.15) is 18.7 Å². The van der Waals surface area contributed by atoms with Crippen LogP contribution in [-0.4, -0.2) is 15.0 Å².